The minimum atomic E-state index is -1.76. The van der Waals surface area contributed by atoms with E-state index < -0.39 is 91.6 Å². The summed E-state index contributed by atoms with van der Waals surface area (Å²) in [6.07, 6.45) is -14.8. The van der Waals surface area contributed by atoms with Crippen LogP contribution in [0.1, 0.15) is 0 Å². The van der Waals surface area contributed by atoms with Crippen molar-refractivity contribution in [2.75, 3.05) is 13.2 Å². The predicted octanol–water partition coefficient (Wildman–Crippen LogP) is -2.77. The van der Waals surface area contributed by atoms with Crippen LogP contribution >= 0.6 is 0 Å². The first-order valence-electron chi connectivity index (χ1n) is 13.0. The van der Waals surface area contributed by atoms with Gasteiger partial charge in [-0.1, -0.05) is 6.07 Å². The minimum Gasteiger partial charge on any atom is -0.507 e. The molecule has 2 fully saturated rings. The Kier molecular flexibility index (Phi) is 8.77. The Bertz CT molecular complexity index is 1500. The predicted molar refractivity (Wildman–Crippen MR) is 140 cm³/mol. The number of aromatic hydroxyl groups is 2. The Hall–Kier alpha value is -3.55. The summed E-state index contributed by atoms with van der Waals surface area (Å²) >= 11 is 0. The van der Waals surface area contributed by atoms with Crippen LogP contribution in [0.5, 0.6) is 23.0 Å². The summed E-state index contributed by atoms with van der Waals surface area (Å²) in [4.78, 5) is 13.4. The smallest absolute Gasteiger partial charge is 0.229 e. The topological polar surface area (TPSA) is 269 Å². The first-order chi connectivity index (χ1) is 20.4. The van der Waals surface area contributed by atoms with E-state index >= 15 is 0 Å². The molecular formula is C27H30O16. The highest BCUT2D eigenvalue weighted by atomic mass is 16.7. The van der Waals surface area contributed by atoms with E-state index in [1.54, 1.807) is 0 Å². The maximum Gasteiger partial charge on any atom is 0.229 e. The zero-order valence-corrected chi connectivity index (χ0v) is 22.1. The molecule has 10 N–H and O–H groups in total. The van der Waals surface area contributed by atoms with Gasteiger partial charge in [0, 0.05) is 12.1 Å². The number of aliphatic hydroxyl groups excluding tert-OH is 8. The second kappa shape index (κ2) is 12.2. The van der Waals surface area contributed by atoms with Crippen molar-refractivity contribution >= 4 is 11.0 Å². The van der Waals surface area contributed by atoms with Crippen LogP contribution in [-0.2, 0) is 9.47 Å². The van der Waals surface area contributed by atoms with Crippen molar-refractivity contribution < 1.29 is 74.4 Å². The number of fused-ring (bicyclic) bond motifs is 1. The van der Waals surface area contributed by atoms with Crippen molar-refractivity contribution in [3.8, 4) is 34.1 Å². The maximum absolute atomic E-state index is 13.4. The summed E-state index contributed by atoms with van der Waals surface area (Å²) in [6.45, 7) is -1.38. The summed E-state index contributed by atoms with van der Waals surface area (Å²) < 4.78 is 27.1. The van der Waals surface area contributed by atoms with Gasteiger partial charge in [0.2, 0.25) is 18.0 Å². The Balaban J connectivity index is 1.42. The molecule has 10 atom stereocenters. The number of hydrogen-bond acceptors (Lipinski definition) is 16. The molecule has 0 saturated carbocycles. The van der Waals surface area contributed by atoms with Crippen molar-refractivity contribution in [1.29, 1.82) is 0 Å². The van der Waals surface area contributed by atoms with Crippen molar-refractivity contribution in [2.24, 2.45) is 0 Å². The van der Waals surface area contributed by atoms with Gasteiger partial charge in [0.15, 0.2) is 11.5 Å². The monoisotopic (exact) mass is 610 g/mol. The van der Waals surface area contributed by atoms with Crippen LogP contribution in [0.3, 0.4) is 0 Å². The molecule has 2 aliphatic heterocycles. The van der Waals surface area contributed by atoms with Crippen LogP contribution < -0.4 is 14.9 Å². The Morgan fingerprint density at radius 1 is 0.698 bits per heavy atom. The van der Waals surface area contributed by atoms with Gasteiger partial charge in [-0.15, -0.1) is 0 Å². The zero-order chi connectivity index (χ0) is 31.2. The van der Waals surface area contributed by atoms with Gasteiger partial charge < -0.3 is 74.4 Å². The van der Waals surface area contributed by atoms with Gasteiger partial charge in [0.05, 0.1) is 18.8 Å². The molecule has 3 aromatic rings. The Labute approximate surface area is 241 Å². The van der Waals surface area contributed by atoms with Crippen LogP contribution in [0, 0.1) is 0 Å². The SMILES string of the molecule is O=c1c(-c2ccc(O)c(O[C@H]3O[C@H](CO)[C@@H](O)[C@H](O)[C@H]3O)c2)coc2cc(O[C@H]3O[C@H](CO)[C@@H](O)[C@H](O)[C@H]3O)cc(O)c12. The first-order valence-corrected chi connectivity index (χ1v) is 13.0. The van der Waals surface area contributed by atoms with E-state index in [-0.39, 0.29) is 33.6 Å². The van der Waals surface area contributed by atoms with E-state index in [9.17, 15) is 55.9 Å². The summed E-state index contributed by atoms with van der Waals surface area (Å²) in [5.74, 6) is -1.48. The van der Waals surface area contributed by atoms with Crippen molar-refractivity contribution in [3.63, 3.8) is 0 Å². The third-order valence-electron chi connectivity index (χ3n) is 7.29. The van der Waals surface area contributed by atoms with Crippen LogP contribution in [-0.4, -0.2) is 126 Å². The van der Waals surface area contributed by atoms with E-state index in [0.717, 1.165) is 18.4 Å². The van der Waals surface area contributed by atoms with E-state index in [0.29, 0.717) is 0 Å². The van der Waals surface area contributed by atoms with E-state index in [1.807, 2.05) is 0 Å². The van der Waals surface area contributed by atoms with Crippen LogP contribution in [0.2, 0.25) is 0 Å². The molecule has 2 aliphatic rings. The highest BCUT2D eigenvalue weighted by molar-refractivity contribution is 5.88. The lowest BCUT2D eigenvalue weighted by atomic mass is 9.99. The number of benzene rings is 2. The highest BCUT2D eigenvalue weighted by Gasteiger charge is 2.46. The second-order valence-corrected chi connectivity index (χ2v) is 10.1. The minimum absolute atomic E-state index is 0.0935. The molecule has 1 aromatic heterocycles. The molecule has 2 aromatic carbocycles. The largest absolute Gasteiger partial charge is 0.507 e. The van der Waals surface area contributed by atoms with Crippen molar-refractivity contribution in [3.05, 3.63) is 46.8 Å². The average molecular weight is 611 g/mol. The maximum atomic E-state index is 13.4. The molecular weight excluding hydrogens is 580 g/mol. The fraction of sp³-hybridized carbons (Fsp3) is 0.444. The summed E-state index contributed by atoms with van der Waals surface area (Å²) in [6, 6.07) is 5.92. The number of phenols is 2. The van der Waals surface area contributed by atoms with Gasteiger partial charge in [-0.2, -0.15) is 0 Å². The Morgan fingerprint density at radius 3 is 1.86 bits per heavy atom. The lowest BCUT2D eigenvalue weighted by Crippen LogP contribution is -2.60. The molecule has 0 amide bonds. The van der Waals surface area contributed by atoms with Crippen molar-refractivity contribution in [2.45, 2.75) is 61.4 Å². The average Bonchev–Trinajstić information content (AvgIpc) is 2.98. The number of phenolic OH excluding ortho intramolecular Hbond substituents is 2. The quantitative estimate of drug-likeness (QED) is 0.130. The molecule has 0 bridgehead atoms. The first kappa shape index (κ1) is 30.9. The summed E-state index contributed by atoms with van der Waals surface area (Å²) in [5, 5.41) is 99.8. The van der Waals surface area contributed by atoms with Gasteiger partial charge in [-0.3, -0.25) is 4.79 Å². The normalized spacial score (nSPS) is 32.9. The lowest BCUT2D eigenvalue weighted by molar-refractivity contribution is -0.277. The van der Waals surface area contributed by atoms with Crippen LogP contribution in [0.25, 0.3) is 22.1 Å². The van der Waals surface area contributed by atoms with Gasteiger partial charge in [-0.25, -0.2) is 0 Å². The third-order valence-corrected chi connectivity index (χ3v) is 7.29. The second-order valence-electron chi connectivity index (χ2n) is 10.1. The van der Waals surface area contributed by atoms with Gasteiger partial charge in [0.1, 0.15) is 77.6 Å². The number of aliphatic hydroxyl groups is 8. The number of hydrogen-bond donors (Lipinski definition) is 10. The molecule has 0 unspecified atom stereocenters. The zero-order valence-electron chi connectivity index (χ0n) is 22.1. The van der Waals surface area contributed by atoms with Crippen LogP contribution in [0.15, 0.2) is 45.8 Å². The molecule has 234 valence electrons. The van der Waals surface area contributed by atoms with Crippen molar-refractivity contribution in [1.82, 2.24) is 0 Å². The molecule has 0 spiro atoms. The van der Waals surface area contributed by atoms with Gasteiger partial charge in [0.25, 0.3) is 0 Å². The fourth-order valence-corrected chi connectivity index (χ4v) is 4.84. The van der Waals surface area contributed by atoms with E-state index in [1.165, 1.54) is 18.2 Å². The lowest BCUT2D eigenvalue weighted by Gasteiger charge is -2.39. The van der Waals surface area contributed by atoms with Gasteiger partial charge in [-0.05, 0) is 17.7 Å². The third kappa shape index (κ3) is 5.73. The van der Waals surface area contributed by atoms with E-state index in [4.69, 9.17) is 23.4 Å². The molecule has 16 nitrogen and oxygen atoms in total. The van der Waals surface area contributed by atoms with Gasteiger partial charge >= 0.3 is 0 Å². The number of ether oxygens (including phenoxy) is 4. The molecule has 16 heteroatoms. The standard InChI is InChI=1S/C27H30O16/c28-6-16-20(33)22(35)24(37)26(42-16)40-10-4-13(31)18-15(5-10)39-8-11(19(18)32)9-1-2-12(30)14(3-9)41-27-25(38)23(36)21(34)17(7-29)43-27/h1-5,8,16-17,20-31,33-38H,6-7H2/t16-,17-,20-,21-,22+,23+,24-,25-,26+,27+/m1/s1. The molecule has 0 radical (unpaired) electrons. The molecule has 3 heterocycles. The summed E-state index contributed by atoms with van der Waals surface area (Å²) in [7, 11) is 0. The van der Waals surface area contributed by atoms with Crippen LogP contribution in [0.4, 0.5) is 0 Å². The molecule has 0 aliphatic carbocycles. The number of rotatable bonds is 7. The van der Waals surface area contributed by atoms with E-state index in [2.05, 4.69) is 0 Å². The molecule has 5 rings (SSSR count). The molecule has 43 heavy (non-hydrogen) atoms. The fourth-order valence-electron chi connectivity index (χ4n) is 4.84. The Morgan fingerprint density at radius 2 is 1.28 bits per heavy atom. The highest BCUT2D eigenvalue weighted by Crippen LogP contribution is 2.36. The molecule has 2 saturated heterocycles. The summed E-state index contributed by atoms with van der Waals surface area (Å²) in [5.41, 5.74) is -0.828.